The van der Waals surface area contributed by atoms with Crippen LogP contribution in [-0.4, -0.2) is 21.8 Å². The van der Waals surface area contributed by atoms with Crippen LogP contribution in [0.15, 0.2) is 249 Å². The molecule has 0 spiro atoms. The van der Waals surface area contributed by atoms with Crippen LogP contribution in [0.5, 0.6) is 0 Å². The number of fused-ring (bicyclic) bond motifs is 9. The SMILES string of the molecule is c1ccc(-n2c3ccc(-n4c5ccccc5c5ccccc54)cc3c3cc(-n4c5ccccc5c5cc([Si](c6ccccc6)(c6ccccc6)c6ccccc6)ccc54)ccc32)cc1. The van der Waals surface area contributed by atoms with Crippen LogP contribution < -0.4 is 20.7 Å². The van der Waals surface area contributed by atoms with E-state index in [4.69, 9.17) is 0 Å². The van der Waals surface area contributed by atoms with Crippen LogP contribution in [0.1, 0.15) is 0 Å². The highest BCUT2D eigenvalue weighted by atomic mass is 28.3. The van der Waals surface area contributed by atoms with Gasteiger partial charge in [0, 0.05) is 49.4 Å². The molecule has 64 heavy (non-hydrogen) atoms. The molecule has 0 amide bonds. The Bertz CT molecular complexity index is 3730. The van der Waals surface area contributed by atoms with Crippen LogP contribution >= 0.6 is 0 Å². The van der Waals surface area contributed by atoms with Crippen LogP contribution in [-0.2, 0) is 0 Å². The van der Waals surface area contributed by atoms with Gasteiger partial charge in [0.15, 0.2) is 8.07 Å². The lowest BCUT2D eigenvalue weighted by Gasteiger charge is -2.34. The van der Waals surface area contributed by atoms with Gasteiger partial charge >= 0.3 is 0 Å². The summed E-state index contributed by atoms with van der Waals surface area (Å²) >= 11 is 0. The number of aromatic nitrogens is 3. The molecule has 3 heterocycles. The molecular formula is C60H41N3Si. The molecule has 300 valence electrons. The Kier molecular flexibility index (Phi) is 8.23. The minimum absolute atomic E-state index is 1.14. The van der Waals surface area contributed by atoms with Crippen LogP contribution in [0, 0.1) is 0 Å². The average Bonchev–Trinajstić information content (AvgIpc) is 4.00. The third-order valence-corrected chi connectivity index (χ3v) is 18.3. The molecule has 10 aromatic carbocycles. The molecule has 0 radical (unpaired) electrons. The van der Waals surface area contributed by atoms with Crippen molar-refractivity contribution in [1.82, 2.24) is 13.7 Å². The maximum atomic E-state index is 2.52. The van der Waals surface area contributed by atoms with Crippen LogP contribution in [0.2, 0.25) is 0 Å². The summed E-state index contributed by atoms with van der Waals surface area (Å²) in [6, 6.07) is 92.3. The molecule has 13 rings (SSSR count). The highest BCUT2D eigenvalue weighted by Gasteiger charge is 2.41. The van der Waals surface area contributed by atoms with Gasteiger partial charge in [0.1, 0.15) is 0 Å². The van der Waals surface area contributed by atoms with Gasteiger partial charge < -0.3 is 13.7 Å². The lowest BCUT2D eigenvalue weighted by Crippen LogP contribution is -2.74. The van der Waals surface area contributed by atoms with Crippen molar-refractivity contribution >= 4 is 94.2 Å². The Balaban J connectivity index is 1.07. The topological polar surface area (TPSA) is 14.8 Å². The Morgan fingerprint density at radius 3 is 0.953 bits per heavy atom. The largest absolute Gasteiger partial charge is 0.309 e. The molecule has 0 bridgehead atoms. The molecule has 0 fully saturated rings. The molecule has 0 saturated heterocycles. The zero-order valence-corrected chi connectivity index (χ0v) is 36.0. The Labute approximate surface area is 372 Å². The third-order valence-electron chi connectivity index (χ3n) is 13.6. The first-order valence-electron chi connectivity index (χ1n) is 22.1. The lowest BCUT2D eigenvalue weighted by atomic mass is 10.1. The van der Waals surface area contributed by atoms with Crippen molar-refractivity contribution in [1.29, 1.82) is 0 Å². The van der Waals surface area contributed by atoms with Gasteiger partial charge in [-0.05, 0) is 93.5 Å². The number of benzene rings is 10. The van der Waals surface area contributed by atoms with Crippen molar-refractivity contribution < 1.29 is 0 Å². The van der Waals surface area contributed by atoms with Gasteiger partial charge in [-0.1, -0.05) is 176 Å². The van der Waals surface area contributed by atoms with Crippen molar-refractivity contribution in [2.24, 2.45) is 0 Å². The van der Waals surface area contributed by atoms with E-state index >= 15 is 0 Å². The smallest absolute Gasteiger partial charge is 0.179 e. The van der Waals surface area contributed by atoms with Crippen LogP contribution in [0.25, 0.3) is 82.5 Å². The van der Waals surface area contributed by atoms with E-state index in [1.807, 2.05) is 0 Å². The fraction of sp³-hybridized carbons (Fsp3) is 0. The first kappa shape index (κ1) is 36.5. The van der Waals surface area contributed by atoms with E-state index in [2.05, 4.69) is 262 Å². The van der Waals surface area contributed by atoms with Gasteiger partial charge in [-0.25, -0.2) is 0 Å². The zero-order chi connectivity index (χ0) is 42.2. The summed E-state index contributed by atoms with van der Waals surface area (Å²) in [6.45, 7) is 0. The molecule has 0 atom stereocenters. The molecule has 3 aromatic heterocycles. The summed E-state index contributed by atoms with van der Waals surface area (Å²) < 4.78 is 7.32. The number of hydrogen-bond acceptors (Lipinski definition) is 0. The first-order chi connectivity index (χ1) is 31.8. The summed E-state index contributed by atoms with van der Waals surface area (Å²) in [5, 5.41) is 12.9. The maximum absolute atomic E-state index is 2.75. The summed E-state index contributed by atoms with van der Waals surface area (Å²) in [7, 11) is -2.75. The van der Waals surface area contributed by atoms with Crippen LogP contribution in [0.3, 0.4) is 0 Å². The molecule has 0 aliphatic heterocycles. The summed E-state index contributed by atoms with van der Waals surface area (Å²) in [6.07, 6.45) is 0. The lowest BCUT2D eigenvalue weighted by molar-refractivity contribution is 1.16. The predicted octanol–water partition coefficient (Wildman–Crippen LogP) is 12.4. The van der Waals surface area contributed by atoms with Gasteiger partial charge in [0.05, 0.1) is 33.1 Å². The number of para-hydroxylation sites is 4. The highest BCUT2D eigenvalue weighted by Crippen LogP contribution is 2.39. The van der Waals surface area contributed by atoms with Gasteiger partial charge in [-0.2, -0.15) is 0 Å². The Hall–Kier alpha value is -8.18. The normalized spacial score (nSPS) is 12.1. The quantitative estimate of drug-likeness (QED) is 0.112. The molecule has 4 heteroatoms. The van der Waals surface area contributed by atoms with E-state index in [9.17, 15) is 0 Å². The third kappa shape index (κ3) is 5.33. The molecule has 0 N–H and O–H groups in total. The average molecular weight is 832 g/mol. The summed E-state index contributed by atoms with van der Waals surface area (Å²) in [5.74, 6) is 0. The fourth-order valence-corrected chi connectivity index (χ4v) is 15.7. The minimum Gasteiger partial charge on any atom is -0.309 e. The maximum Gasteiger partial charge on any atom is 0.179 e. The molecule has 0 saturated carbocycles. The monoisotopic (exact) mass is 831 g/mol. The Morgan fingerprint density at radius 1 is 0.203 bits per heavy atom. The van der Waals surface area contributed by atoms with E-state index < -0.39 is 8.07 Å². The number of nitrogens with zero attached hydrogens (tertiary/aromatic N) is 3. The molecule has 0 unspecified atom stereocenters. The Morgan fingerprint density at radius 2 is 0.516 bits per heavy atom. The highest BCUT2D eigenvalue weighted by molar-refractivity contribution is 7.20. The number of hydrogen-bond donors (Lipinski definition) is 0. The molecule has 0 aliphatic rings. The molecule has 13 aromatic rings. The van der Waals surface area contributed by atoms with E-state index in [0.717, 1.165) is 17.1 Å². The fourth-order valence-electron chi connectivity index (χ4n) is 10.9. The van der Waals surface area contributed by atoms with Gasteiger partial charge in [-0.3, -0.25) is 0 Å². The minimum atomic E-state index is -2.75. The van der Waals surface area contributed by atoms with Gasteiger partial charge in [-0.15, -0.1) is 0 Å². The van der Waals surface area contributed by atoms with Gasteiger partial charge in [0.25, 0.3) is 0 Å². The standard InChI is InChI=1S/C60H41N3Si/c1-5-19-42(20-6-1)61-58-36-33-43(62-55-30-16-13-27-49(55)50-28-14-17-31-56(50)62)39-52(58)53-40-44(34-37-59(53)61)63-57-32-18-15-29-51(57)54-41-48(35-38-60(54)63)64(45-21-7-2-8-22-45,46-23-9-3-10-24-46)47-25-11-4-12-26-47/h1-41H. The molecule has 3 nitrogen and oxygen atoms in total. The van der Waals surface area contributed by atoms with Gasteiger partial charge in [0.2, 0.25) is 0 Å². The van der Waals surface area contributed by atoms with E-state index in [1.165, 1.54) is 86.2 Å². The van der Waals surface area contributed by atoms with E-state index in [1.54, 1.807) is 0 Å². The predicted molar refractivity (Wildman–Crippen MR) is 273 cm³/mol. The van der Waals surface area contributed by atoms with Crippen molar-refractivity contribution in [2.45, 2.75) is 0 Å². The van der Waals surface area contributed by atoms with Crippen molar-refractivity contribution in [3.63, 3.8) is 0 Å². The second kappa shape index (κ2) is 14.5. The molecular weight excluding hydrogens is 791 g/mol. The van der Waals surface area contributed by atoms with E-state index in [-0.39, 0.29) is 0 Å². The van der Waals surface area contributed by atoms with Crippen LogP contribution in [0.4, 0.5) is 0 Å². The number of rotatable bonds is 7. The summed E-state index contributed by atoms with van der Waals surface area (Å²) in [4.78, 5) is 0. The van der Waals surface area contributed by atoms with Crippen molar-refractivity contribution in [2.75, 3.05) is 0 Å². The van der Waals surface area contributed by atoms with Crippen molar-refractivity contribution in [3.8, 4) is 17.1 Å². The first-order valence-corrected chi connectivity index (χ1v) is 24.1. The summed E-state index contributed by atoms with van der Waals surface area (Å²) in [5.41, 5.74) is 10.6. The molecule has 0 aliphatic carbocycles. The second-order valence-electron chi connectivity index (χ2n) is 16.9. The van der Waals surface area contributed by atoms with E-state index in [0.29, 0.717) is 0 Å². The zero-order valence-electron chi connectivity index (χ0n) is 35.0. The van der Waals surface area contributed by atoms with Crippen molar-refractivity contribution in [3.05, 3.63) is 249 Å². The second-order valence-corrected chi connectivity index (χ2v) is 20.7.